The van der Waals surface area contributed by atoms with Crippen molar-refractivity contribution in [2.24, 2.45) is 22.7 Å². The van der Waals surface area contributed by atoms with Crippen LogP contribution >= 0.6 is 0 Å². The molecule has 1 saturated heterocycles. The highest BCUT2D eigenvalue weighted by molar-refractivity contribution is 5.98. The molecule has 3 aliphatic carbocycles. The van der Waals surface area contributed by atoms with Crippen molar-refractivity contribution in [3.05, 3.63) is 106 Å². The molecule has 2 unspecified atom stereocenters. The van der Waals surface area contributed by atoms with Crippen LogP contribution in [0.25, 0.3) is 0 Å². The molecule has 4 fully saturated rings. The predicted molar refractivity (Wildman–Crippen MR) is 206 cm³/mol. The van der Waals surface area contributed by atoms with Gasteiger partial charge in [-0.1, -0.05) is 63.3 Å². The van der Waals surface area contributed by atoms with E-state index in [2.05, 4.69) is 38.0 Å². The van der Waals surface area contributed by atoms with Gasteiger partial charge in [0.15, 0.2) is 0 Å². The van der Waals surface area contributed by atoms with Gasteiger partial charge in [-0.3, -0.25) is 9.59 Å². The summed E-state index contributed by atoms with van der Waals surface area (Å²) in [5, 5.41) is 4.93. The number of hydrogen-bond acceptors (Lipinski definition) is 2. The number of hydrogen-bond donors (Lipinski definition) is 2. The van der Waals surface area contributed by atoms with E-state index in [-0.39, 0.29) is 16.8 Å². The monoisotopic (exact) mass is 746 g/mol. The van der Waals surface area contributed by atoms with Crippen LogP contribution in [0.4, 0.5) is 28.9 Å². The summed E-state index contributed by atoms with van der Waals surface area (Å²) in [5.41, 5.74) is 4.11. The number of nitrogens with two attached hydrogens (primary N) is 1. The molecular formula is C45H56F4N3O2+. The van der Waals surface area contributed by atoms with Gasteiger partial charge in [0.05, 0.1) is 29.1 Å². The first kappa shape index (κ1) is 39.7. The Hall–Kier alpha value is -3.98. The standard InChI is InChI=1S/C33H35F4N3O2.C12H20/c1-20-12-15-25(19-27(20)33(35,36)37)39-31(41)26-10-6-18-40(32(42)29-21(2)7-5-11-28(29)34)30(26)22-13-16-24(17-14-22)38-23-8-3-4-9-23;1-5-12-7-6-10(8-9(12)2)11(12,3)4/h5,7,11-17,19,23,26,30,38H,3-4,6,8-10,18H2,1-2H3,(H,39,41);10H,2,5-8H2,1,3-4H3/p+1/t26-,30-;/m0./s1. The Bertz CT molecular complexity index is 1840. The van der Waals surface area contributed by atoms with Gasteiger partial charge >= 0.3 is 6.18 Å². The lowest BCUT2D eigenvalue weighted by atomic mass is 9.66. The van der Waals surface area contributed by atoms with Crippen LogP contribution in [-0.2, 0) is 11.0 Å². The summed E-state index contributed by atoms with van der Waals surface area (Å²) in [7, 11) is 0. The Morgan fingerprint density at radius 2 is 1.65 bits per heavy atom. The molecule has 2 amide bonds. The molecule has 0 aromatic heterocycles. The third-order valence-electron chi connectivity index (χ3n) is 13.5. The number of carbonyl (C=O) groups excluding carboxylic acids is 2. The van der Waals surface area contributed by atoms with Crippen molar-refractivity contribution < 1.29 is 32.5 Å². The van der Waals surface area contributed by atoms with Gasteiger partial charge in [0.25, 0.3) is 5.91 Å². The molecule has 4 aliphatic rings. The minimum atomic E-state index is -4.56. The highest BCUT2D eigenvalue weighted by atomic mass is 19.4. The molecule has 2 bridgehead atoms. The average Bonchev–Trinajstić information content (AvgIpc) is 3.78. The molecule has 3 aromatic carbocycles. The summed E-state index contributed by atoms with van der Waals surface area (Å²) >= 11 is 0. The van der Waals surface area contributed by atoms with Crippen molar-refractivity contribution in [3.63, 3.8) is 0 Å². The van der Waals surface area contributed by atoms with E-state index in [4.69, 9.17) is 0 Å². The number of likely N-dealkylation sites (tertiary alicyclic amines) is 1. The molecule has 0 radical (unpaired) electrons. The minimum absolute atomic E-state index is 0.0339. The van der Waals surface area contributed by atoms with Gasteiger partial charge in [0.2, 0.25) is 5.91 Å². The SMILES string of the molecule is C=C1CC2CCC1(CC)C2(C)C.Cc1ccc(NC(=O)[C@H]2CCCN(C(=O)c3c(C)cccc3F)[C@H]2c2ccc([NH2+]C3CCCC3)cc2)cc1C(F)(F)F. The largest absolute Gasteiger partial charge is 0.416 e. The summed E-state index contributed by atoms with van der Waals surface area (Å²) in [6, 6.07) is 15.7. The highest BCUT2D eigenvalue weighted by Gasteiger charge is 2.59. The van der Waals surface area contributed by atoms with Gasteiger partial charge in [-0.15, -0.1) is 0 Å². The fourth-order valence-electron chi connectivity index (χ4n) is 10.3. The van der Waals surface area contributed by atoms with Crippen LogP contribution in [0.2, 0.25) is 0 Å². The van der Waals surface area contributed by atoms with Gasteiger partial charge in [-0.05, 0) is 142 Å². The van der Waals surface area contributed by atoms with Crippen molar-refractivity contribution in [1.82, 2.24) is 4.90 Å². The van der Waals surface area contributed by atoms with E-state index in [0.29, 0.717) is 41.8 Å². The maximum absolute atomic E-state index is 14.9. The first-order valence-electron chi connectivity index (χ1n) is 19.7. The first-order chi connectivity index (χ1) is 25.6. The molecule has 0 spiro atoms. The molecular weight excluding hydrogens is 691 g/mol. The van der Waals surface area contributed by atoms with Crippen LogP contribution in [0.15, 0.2) is 72.8 Å². The zero-order valence-corrected chi connectivity index (χ0v) is 32.4. The van der Waals surface area contributed by atoms with E-state index >= 15 is 0 Å². The number of alkyl halides is 3. The van der Waals surface area contributed by atoms with E-state index in [1.807, 2.05) is 24.3 Å². The van der Waals surface area contributed by atoms with E-state index in [0.717, 1.165) is 36.1 Å². The van der Waals surface area contributed by atoms with Crippen molar-refractivity contribution >= 4 is 23.2 Å². The average molecular weight is 747 g/mol. The Morgan fingerprint density at radius 1 is 0.944 bits per heavy atom. The van der Waals surface area contributed by atoms with Gasteiger partial charge in [0.1, 0.15) is 11.5 Å². The summed E-state index contributed by atoms with van der Waals surface area (Å²) in [6.45, 7) is 14.9. The quantitative estimate of drug-likeness (QED) is 0.144. The number of benzene rings is 3. The molecule has 5 nitrogen and oxygen atoms in total. The van der Waals surface area contributed by atoms with E-state index in [1.54, 1.807) is 29.5 Å². The smallest absolute Gasteiger partial charge is 0.331 e. The summed E-state index contributed by atoms with van der Waals surface area (Å²) < 4.78 is 55.5. The molecule has 1 aliphatic heterocycles. The fourth-order valence-corrected chi connectivity index (χ4v) is 10.3. The molecule has 4 atom stereocenters. The lowest BCUT2D eigenvalue weighted by Gasteiger charge is -2.41. The third-order valence-corrected chi connectivity index (χ3v) is 13.5. The van der Waals surface area contributed by atoms with E-state index in [1.165, 1.54) is 63.6 Å². The number of fused-ring (bicyclic) bond motifs is 2. The number of piperidine rings is 1. The zero-order valence-electron chi connectivity index (χ0n) is 32.4. The number of quaternary nitrogens is 1. The number of carbonyl (C=O) groups is 2. The molecule has 7 rings (SSSR count). The molecule has 54 heavy (non-hydrogen) atoms. The number of rotatable bonds is 7. The number of allylic oxidation sites excluding steroid dienone is 1. The Kier molecular flexibility index (Phi) is 11.5. The van der Waals surface area contributed by atoms with Crippen molar-refractivity contribution in [3.8, 4) is 0 Å². The zero-order chi connectivity index (χ0) is 39.0. The summed E-state index contributed by atoms with van der Waals surface area (Å²) in [5.74, 6) is -1.45. The summed E-state index contributed by atoms with van der Waals surface area (Å²) in [4.78, 5) is 29.1. The Morgan fingerprint density at radius 3 is 2.22 bits per heavy atom. The van der Waals surface area contributed by atoms with Crippen molar-refractivity contribution in [2.45, 2.75) is 117 Å². The number of anilines is 1. The topological polar surface area (TPSA) is 66.0 Å². The molecule has 3 aromatic rings. The number of nitrogens with zero attached hydrogens (tertiary/aromatic N) is 1. The minimum Gasteiger partial charge on any atom is -0.331 e. The maximum Gasteiger partial charge on any atom is 0.416 e. The van der Waals surface area contributed by atoms with Crippen LogP contribution in [0.5, 0.6) is 0 Å². The van der Waals surface area contributed by atoms with Crippen LogP contribution in [0.1, 0.15) is 124 Å². The Balaban J connectivity index is 0.000000349. The van der Waals surface area contributed by atoms with Gasteiger partial charge in [-0.25, -0.2) is 4.39 Å². The second-order valence-electron chi connectivity index (χ2n) is 16.7. The molecule has 9 heteroatoms. The predicted octanol–water partition coefficient (Wildman–Crippen LogP) is 10.6. The van der Waals surface area contributed by atoms with E-state index in [9.17, 15) is 27.2 Å². The second kappa shape index (κ2) is 15.6. The third kappa shape index (κ3) is 7.62. The van der Waals surface area contributed by atoms with E-state index < -0.39 is 41.3 Å². The van der Waals surface area contributed by atoms with Crippen LogP contribution in [0.3, 0.4) is 0 Å². The molecule has 3 N–H and O–H groups in total. The maximum atomic E-state index is 14.9. The van der Waals surface area contributed by atoms with Crippen molar-refractivity contribution in [1.29, 1.82) is 0 Å². The first-order valence-corrected chi connectivity index (χ1v) is 19.7. The van der Waals surface area contributed by atoms with Crippen LogP contribution in [0, 0.1) is 42.3 Å². The van der Waals surface area contributed by atoms with Gasteiger partial charge in [-0.2, -0.15) is 13.2 Å². The fraction of sp³-hybridized carbons (Fsp3) is 0.511. The van der Waals surface area contributed by atoms with Crippen LogP contribution in [-0.4, -0.2) is 29.3 Å². The normalized spacial score (nSPS) is 25.0. The van der Waals surface area contributed by atoms with Crippen LogP contribution < -0.4 is 10.6 Å². The number of aryl methyl sites for hydroxylation is 2. The Labute approximate surface area is 318 Å². The van der Waals surface area contributed by atoms with Gasteiger partial charge in [0, 0.05) is 12.2 Å². The number of amides is 2. The lowest BCUT2D eigenvalue weighted by Crippen LogP contribution is -2.83. The number of halogens is 4. The molecule has 3 saturated carbocycles. The van der Waals surface area contributed by atoms with Gasteiger partial charge < -0.3 is 15.5 Å². The van der Waals surface area contributed by atoms with Crippen molar-refractivity contribution in [2.75, 3.05) is 11.9 Å². The molecule has 1 heterocycles. The highest BCUT2D eigenvalue weighted by Crippen LogP contribution is 2.69. The number of nitrogens with one attached hydrogen (secondary N) is 1. The molecule has 290 valence electrons. The lowest BCUT2D eigenvalue weighted by molar-refractivity contribution is -0.609. The second-order valence-corrected chi connectivity index (χ2v) is 16.7. The summed E-state index contributed by atoms with van der Waals surface area (Å²) in [6.07, 6.45) is 6.56.